The van der Waals surface area contributed by atoms with Crippen molar-refractivity contribution in [3.05, 3.63) is 35.9 Å². The number of rotatable bonds is 6. The quantitative estimate of drug-likeness (QED) is 0.873. The van der Waals surface area contributed by atoms with Crippen LogP contribution >= 0.6 is 0 Å². The number of amides is 2. The SMILES string of the molecule is COC[C@H](NC(=O)N1CCO[C@@H](Cc2ccccc2)C1)C1CC1. The molecule has 1 heterocycles. The molecular formula is C18H26N2O3. The van der Waals surface area contributed by atoms with Gasteiger partial charge in [0.25, 0.3) is 0 Å². The number of methoxy groups -OCH3 is 1. The van der Waals surface area contributed by atoms with E-state index in [0.29, 0.717) is 32.2 Å². The van der Waals surface area contributed by atoms with Crippen LogP contribution in [0.2, 0.25) is 0 Å². The van der Waals surface area contributed by atoms with Crippen molar-refractivity contribution in [2.45, 2.75) is 31.4 Å². The zero-order valence-electron chi connectivity index (χ0n) is 13.7. The standard InChI is InChI=1S/C18H26N2O3/c1-22-13-17(15-7-8-15)19-18(21)20-9-10-23-16(12-20)11-14-5-3-2-4-6-14/h2-6,15-17H,7-13H2,1H3,(H,19,21)/t16-,17-/m0/s1. The molecule has 1 N–H and O–H groups in total. The summed E-state index contributed by atoms with van der Waals surface area (Å²) in [7, 11) is 1.69. The fourth-order valence-corrected chi connectivity index (χ4v) is 3.13. The zero-order chi connectivity index (χ0) is 16.1. The lowest BCUT2D eigenvalue weighted by molar-refractivity contribution is -0.0141. The molecule has 0 aromatic heterocycles. The molecular weight excluding hydrogens is 292 g/mol. The maximum absolute atomic E-state index is 12.5. The first-order valence-corrected chi connectivity index (χ1v) is 8.46. The van der Waals surface area contributed by atoms with Crippen LogP contribution in [-0.2, 0) is 15.9 Å². The van der Waals surface area contributed by atoms with E-state index >= 15 is 0 Å². The van der Waals surface area contributed by atoms with Gasteiger partial charge < -0.3 is 19.7 Å². The molecule has 23 heavy (non-hydrogen) atoms. The average Bonchev–Trinajstić information content (AvgIpc) is 3.40. The van der Waals surface area contributed by atoms with Gasteiger partial charge >= 0.3 is 6.03 Å². The summed E-state index contributed by atoms with van der Waals surface area (Å²) in [5.74, 6) is 0.583. The number of hydrogen-bond acceptors (Lipinski definition) is 3. The molecule has 1 aromatic carbocycles. The van der Waals surface area contributed by atoms with Crippen LogP contribution in [0.4, 0.5) is 4.79 Å². The van der Waals surface area contributed by atoms with Gasteiger partial charge in [-0.25, -0.2) is 4.79 Å². The summed E-state index contributed by atoms with van der Waals surface area (Å²) < 4.78 is 11.1. The minimum Gasteiger partial charge on any atom is -0.383 e. The molecule has 2 amide bonds. The van der Waals surface area contributed by atoms with Crippen LogP contribution in [-0.4, -0.2) is 56.5 Å². The van der Waals surface area contributed by atoms with Crippen molar-refractivity contribution in [2.75, 3.05) is 33.4 Å². The Morgan fingerprint density at radius 2 is 2.17 bits per heavy atom. The maximum atomic E-state index is 12.5. The van der Waals surface area contributed by atoms with Gasteiger partial charge in [-0.3, -0.25) is 0 Å². The van der Waals surface area contributed by atoms with E-state index in [9.17, 15) is 4.79 Å². The first-order chi connectivity index (χ1) is 11.3. The van der Waals surface area contributed by atoms with Crippen molar-refractivity contribution < 1.29 is 14.3 Å². The van der Waals surface area contributed by atoms with Gasteiger partial charge in [-0.15, -0.1) is 0 Å². The zero-order valence-corrected chi connectivity index (χ0v) is 13.7. The summed E-state index contributed by atoms with van der Waals surface area (Å²) >= 11 is 0. The van der Waals surface area contributed by atoms with Gasteiger partial charge in [-0.05, 0) is 24.3 Å². The van der Waals surface area contributed by atoms with Crippen molar-refractivity contribution in [1.29, 1.82) is 0 Å². The summed E-state index contributed by atoms with van der Waals surface area (Å²) in [5, 5.41) is 3.14. The van der Waals surface area contributed by atoms with E-state index in [1.54, 1.807) is 7.11 Å². The van der Waals surface area contributed by atoms with E-state index in [2.05, 4.69) is 17.4 Å². The Balaban J connectivity index is 1.52. The third-order valence-electron chi connectivity index (χ3n) is 4.58. The molecule has 5 heteroatoms. The Labute approximate surface area is 137 Å². The number of carbonyl (C=O) groups excluding carboxylic acids is 1. The number of ether oxygens (including phenoxy) is 2. The van der Waals surface area contributed by atoms with Crippen molar-refractivity contribution in [3.8, 4) is 0 Å². The monoisotopic (exact) mass is 318 g/mol. The number of benzene rings is 1. The number of morpholine rings is 1. The van der Waals surface area contributed by atoms with Gasteiger partial charge in [0.15, 0.2) is 0 Å². The first kappa shape index (κ1) is 16.3. The summed E-state index contributed by atoms with van der Waals surface area (Å²) in [5.41, 5.74) is 1.25. The maximum Gasteiger partial charge on any atom is 0.317 e. The number of carbonyl (C=O) groups is 1. The van der Waals surface area contributed by atoms with Crippen LogP contribution in [0, 0.1) is 5.92 Å². The molecule has 1 aliphatic carbocycles. The second-order valence-corrected chi connectivity index (χ2v) is 6.48. The molecule has 5 nitrogen and oxygen atoms in total. The normalized spacial score (nSPS) is 22.7. The highest BCUT2D eigenvalue weighted by Crippen LogP contribution is 2.32. The highest BCUT2D eigenvalue weighted by atomic mass is 16.5. The Kier molecular flexibility index (Phi) is 5.51. The fraction of sp³-hybridized carbons (Fsp3) is 0.611. The van der Waals surface area contributed by atoms with Gasteiger partial charge in [-0.2, -0.15) is 0 Å². The van der Waals surface area contributed by atoms with Crippen LogP contribution in [0.5, 0.6) is 0 Å². The third-order valence-corrected chi connectivity index (χ3v) is 4.58. The van der Waals surface area contributed by atoms with Crippen molar-refractivity contribution in [1.82, 2.24) is 10.2 Å². The number of hydrogen-bond donors (Lipinski definition) is 1. The molecule has 0 spiro atoms. The van der Waals surface area contributed by atoms with E-state index in [1.165, 1.54) is 18.4 Å². The number of urea groups is 1. The van der Waals surface area contributed by atoms with Gasteiger partial charge in [0.2, 0.25) is 0 Å². The van der Waals surface area contributed by atoms with Crippen LogP contribution in [0.1, 0.15) is 18.4 Å². The lowest BCUT2D eigenvalue weighted by Gasteiger charge is -2.34. The van der Waals surface area contributed by atoms with Crippen LogP contribution in [0.15, 0.2) is 30.3 Å². The van der Waals surface area contributed by atoms with Crippen molar-refractivity contribution >= 4 is 6.03 Å². The highest BCUT2D eigenvalue weighted by molar-refractivity contribution is 5.74. The van der Waals surface area contributed by atoms with E-state index < -0.39 is 0 Å². The molecule has 2 fully saturated rings. The molecule has 0 bridgehead atoms. The van der Waals surface area contributed by atoms with Gasteiger partial charge in [0, 0.05) is 26.6 Å². The summed E-state index contributed by atoms with van der Waals surface area (Å²) in [4.78, 5) is 14.4. The Morgan fingerprint density at radius 1 is 1.39 bits per heavy atom. The number of nitrogens with zero attached hydrogens (tertiary/aromatic N) is 1. The van der Waals surface area contributed by atoms with E-state index in [1.807, 2.05) is 23.1 Å². The lowest BCUT2D eigenvalue weighted by atomic mass is 10.1. The predicted molar refractivity (Wildman–Crippen MR) is 88.4 cm³/mol. The minimum atomic E-state index is 0.0142. The second-order valence-electron chi connectivity index (χ2n) is 6.48. The Morgan fingerprint density at radius 3 is 2.87 bits per heavy atom. The van der Waals surface area contributed by atoms with E-state index in [0.717, 1.165) is 6.42 Å². The van der Waals surface area contributed by atoms with Gasteiger partial charge in [0.1, 0.15) is 0 Å². The Bertz CT molecular complexity index is 504. The lowest BCUT2D eigenvalue weighted by Crippen LogP contribution is -2.53. The van der Waals surface area contributed by atoms with E-state index in [-0.39, 0.29) is 18.2 Å². The second kappa shape index (κ2) is 7.79. The molecule has 2 aliphatic rings. The molecule has 2 atom stereocenters. The molecule has 1 saturated carbocycles. The number of nitrogens with one attached hydrogen (secondary N) is 1. The molecule has 1 aliphatic heterocycles. The minimum absolute atomic E-state index is 0.0142. The predicted octanol–water partition coefficient (Wildman–Crippen LogP) is 2.06. The molecule has 3 rings (SSSR count). The summed E-state index contributed by atoms with van der Waals surface area (Å²) in [6.45, 7) is 2.49. The Hall–Kier alpha value is -1.59. The van der Waals surface area contributed by atoms with Crippen LogP contribution in [0.25, 0.3) is 0 Å². The largest absolute Gasteiger partial charge is 0.383 e. The highest BCUT2D eigenvalue weighted by Gasteiger charge is 2.34. The molecule has 126 valence electrons. The van der Waals surface area contributed by atoms with Gasteiger partial charge in [0.05, 0.1) is 25.4 Å². The van der Waals surface area contributed by atoms with Crippen LogP contribution in [0.3, 0.4) is 0 Å². The average molecular weight is 318 g/mol. The topological polar surface area (TPSA) is 50.8 Å². The van der Waals surface area contributed by atoms with Crippen molar-refractivity contribution in [3.63, 3.8) is 0 Å². The molecule has 0 unspecified atom stereocenters. The smallest absolute Gasteiger partial charge is 0.317 e. The van der Waals surface area contributed by atoms with E-state index in [4.69, 9.17) is 9.47 Å². The van der Waals surface area contributed by atoms with Crippen molar-refractivity contribution in [2.24, 2.45) is 5.92 Å². The molecule has 0 radical (unpaired) electrons. The molecule has 1 saturated heterocycles. The summed E-state index contributed by atoms with van der Waals surface area (Å²) in [6.07, 6.45) is 3.29. The summed E-state index contributed by atoms with van der Waals surface area (Å²) in [6, 6.07) is 10.4. The molecule has 1 aromatic rings. The van der Waals surface area contributed by atoms with Gasteiger partial charge in [-0.1, -0.05) is 30.3 Å². The fourth-order valence-electron chi connectivity index (χ4n) is 3.13. The third kappa shape index (κ3) is 4.69. The van der Waals surface area contributed by atoms with Crippen LogP contribution < -0.4 is 5.32 Å². The first-order valence-electron chi connectivity index (χ1n) is 8.46.